The van der Waals surface area contributed by atoms with Gasteiger partial charge in [-0.05, 0) is 45.4 Å². The molecule has 2 fully saturated rings. The number of carbonyl (C=O) groups is 2. The topological polar surface area (TPSA) is 40.6 Å². The van der Waals surface area contributed by atoms with Gasteiger partial charge < -0.3 is 9.80 Å². The van der Waals surface area contributed by atoms with Crippen LogP contribution in [0.25, 0.3) is 0 Å². The van der Waals surface area contributed by atoms with Gasteiger partial charge in [-0.15, -0.1) is 0 Å². The number of rotatable bonds is 3. The van der Waals surface area contributed by atoms with Crippen molar-refractivity contribution < 1.29 is 9.59 Å². The molecule has 0 N–H and O–H groups in total. The van der Waals surface area contributed by atoms with E-state index in [2.05, 4.69) is 0 Å². The van der Waals surface area contributed by atoms with Crippen molar-refractivity contribution in [3.63, 3.8) is 0 Å². The Hall–Kier alpha value is -1.32. The van der Waals surface area contributed by atoms with Gasteiger partial charge in [0.05, 0.1) is 0 Å². The zero-order valence-electron chi connectivity index (χ0n) is 13.4. The maximum absolute atomic E-state index is 12.5. The van der Waals surface area contributed by atoms with Crippen LogP contribution in [0.15, 0.2) is 11.6 Å². The summed E-state index contributed by atoms with van der Waals surface area (Å²) in [5, 5.41) is 0. The molecule has 0 aromatic carbocycles. The molecule has 2 aliphatic heterocycles. The Bertz CT molecular complexity index is 403. The van der Waals surface area contributed by atoms with Crippen molar-refractivity contribution in [2.45, 2.75) is 52.4 Å². The number of carbonyl (C=O) groups excluding carboxylic acids is 2. The van der Waals surface area contributed by atoms with E-state index in [1.165, 1.54) is 6.42 Å². The molecular weight excluding hydrogens is 264 g/mol. The second-order valence-corrected chi connectivity index (χ2v) is 6.25. The lowest BCUT2D eigenvalue weighted by Crippen LogP contribution is -2.45. The molecule has 2 aliphatic rings. The van der Waals surface area contributed by atoms with Crippen LogP contribution in [-0.2, 0) is 9.59 Å². The Kier molecular flexibility index (Phi) is 5.83. The van der Waals surface area contributed by atoms with Crippen LogP contribution in [-0.4, -0.2) is 47.8 Å². The highest BCUT2D eigenvalue weighted by atomic mass is 16.2. The van der Waals surface area contributed by atoms with Crippen LogP contribution in [0.5, 0.6) is 0 Å². The first-order chi connectivity index (χ1) is 10.1. The molecule has 118 valence electrons. The molecule has 0 bridgehead atoms. The van der Waals surface area contributed by atoms with E-state index in [1.54, 1.807) is 0 Å². The molecule has 21 heavy (non-hydrogen) atoms. The van der Waals surface area contributed by atoms with Crippen LogP contribution in [0.3, 0.4) is 0 Å². The van der Waals surface area contributed by atoms with Crippen molar-refractivity contribution >= 4 is 11.8 Å². The van der Waals surface area contributed by atoms with E-state index in [9.17, 15) is 9.59 Å². The summed E-state index contributed by atoms with van der Waals surface area (Å²) in [7, 11) is 0. The molecule has 0 atom stereocenters. The fourth-order valence-electron chi connectivity index (χ4n) is 3.34. The molecule has 0 aliphatic carbocycles. The summed E-state index contributed by atoms with van der Waals surface area (Å²) < 4.78 is 0. The molecule has 2 saturated heterocycles. The second kappa shape index (κ2) is 7.62. The maximum Gasteiger partial charge on any atom is 0.249 e. The Morgan fingerprint density at radius 2 is 1.62 bits per heavy atom. The van der Waals surface area contributed by atoms with Crippen molar-refractivity contribution in [3.8, 4) is 0 Å². The SMILES string of the molecule is CCC=C(C)C(=O)N1CCC(C(=O)N2CCCCC2)CC1. The molecule has 0 aromatic rings. The van der Waals surface area contributed by atoms with E-state index >= 15 is 0 Å². The number of amides is 2. The molecule has 0 spiro atoms. The van der Waals surface area contributed by atoms with Gasteiger partial charge in [0.1, 0.15) is 0 Å². The van der Waals surface area contributed by atoms with Crippen LogP contribution < -0.4 is 0 Å². The third kappa shape index (κ3) is 4.08. The van der Waals surface area contributed by atoms with Crippen molar-refractivity contribution in [2.75, 3.05) is 26.2 Å². The molecule has 0 saturated carbocycles. The van der Waals surface area contributed by atoms with Crippen molar-refractivity contribution in [1.82, 2.24) is 9.80 Å². The van der Waals surface area contributed by atoms with Gasteiger partial charge in [0.25, 0.3) is 0 Å². The van der Waals surface area contributed by atoms with Gasteiger partial charge in [0.15, 0.2) is 0 Å². The van der Waals surface area contributed by atoms with Crippen molar-refractivity contribution in [2.24, 2.45) is 5.92 Å². The molecule has 4 heteroatoms. The van der Waals surface area contributed by atoms with Gasteiger partial charge in [0.2, 0.25) is 11.8 Å². The summed E-state index contributed by atoms with van der Waals surface area (Å²) in [5.41, 5.74) is 0.832. The van der Waals surface area contributed by atoms with Gasteiger partial charge in [-0.1, -0.05) is 13.0 Å². The summed E-state index contributed by atoms with van der Waals surface area (Å²) in [4.78, 5) is 28.6. The molecule has 2 amide bonds. The average Bonchev–Trinajstić information content (AvgIpc) is 2.54. The summed E-state index contributed by atoms with van der Waals surface area (Å²) in [6.45, 7) is 7.22. The summed E-state index contributed by atoms with van der Waals surface area (Å²) in [5.74, 6) is 0.589. The van der Waals surface area contributed by atoms with E-state index in [1.807, 2.05) is 29.7 Å². The van der Waals surface area contributed by atoms with Gasteiger partial charge in [0, 0.05) is 37.7 Å². The summed E-state index contributed by atoms with van der Waals surface area (Å²) in [6.07, 6.45) is 8.05. The molecule has 0 unspecified atom stereocenters. The largest absolute Gasteiger partial charge is 0.342 e. The quantitative estimate of drug-likeness (QED) is 0.750. The normalized spacial score (nSPS) is 21.5. The highest BCUT2D eigenvalue weighted by molar-refractivity contribution is 5.93. The highest BCUT2D eigenvalue weighted by Crippen LogP contribution is 2.22. The Morgan fingerprint density at radius 1 is 1.00 bits per heavy atom. The van der Waals surface area contributed by atoms with Gasteiger partial charge in [-0.2, -0.15) is 0 Å². The molecule has 0 aromatic heterocycles. The lowest BCUT2D eigenvalue weighted by molar-refractivity contribution is -0.140. The van der Waals surface area contributed by atoms with Gasteiger partial charge in [-0.3, -0.25) is 9.59 Å². The Balaban J connectivity index is 1.84. The predicted molar refractivity (Wildman–Crippen MR) is 83.8 cm³/mol. The standard InChI is InChI=1S/C17H28N2O2/c1-3-7-14(2)16(20)19-12-8-15(9-13-19)17(21)18-10-5-4-6-11-18/h7,15H,3-6,8-13H2,1-2H3. The van der Waals surface area contributed by atoms with Crippen LogP contribution in [0, 0.1) is 5.92 Å². The Morgan fingerprint density at radius 3 is 2.19 bits per heavy atom. The monoisotopic (exact) mass is 292 g/mol. The lowest BCUT2D eigenvalue weighted by atomic mass is 9.94. The van der Waals surface area contributed by atoms with Crippen LogP contribution in [0.2, 0.25) is 0 Å². The molecule has 2 heterocycles. The summed E-state index contributed by atoms with van der Waals surface area (Å²) in [6, 6.07) is 0. The smallest absolute Gasteiger partial charge is 0.249 e. The third-order valence-corrected chi connectivity index (χ3v) is 4.65. The minimum Gasteiger partial charge on any atom is -0.342 e. The first kappa shape index (κ1) is 16.1. The maximum atomic E-state index is 12.5. The second-order valence-electron chi connectivity index (χ2n) is 6.25. The molecule has 2 rings (SSSR count). The molecule has 4 nitrogen and oxygen atoms in total. The first-order valence-electron chi connectivity index (χ1n) is 8.38. The minimum atomic E-state index is 0.127. The van der Waals surface area contributed by atoms with E-state index < -0.39 is 0 Å². The molecule has 0 radical (unpaired) electrons. The number of hydrogen-bond acceptors (Lipinski definition) is 2. The zero-order chi connectivity index (χ0) is 15.2. The highest BCUT2D eigenvalue weighted by Gasteiger charge is 2.30. The van der Waals surface area contributed by atoms with E-state index in [4.69, 9.17) is 0 Å². The van der Waals surface area contributed by atoms with Crippen molar-refractivity contribution in [1.29, 1.82) is 0 Å². The summed E-state index contributed by atoms with van der Waals surface area (Å²) >= 11 is 0. The number of hydrogen-bond donors (Lipinski definition) is 0. The third-order valence-electron chi connectivity index (χ3n) is 4.65. The zero-order valence-corrected chi connectivity index (χ0v) is 13.4. The van der Waals surface area contributed by atoms with Crippen LogP contribution in [0.4, 0.5) is 0 Å². The van der Waals surface area contributed by atoms with Crippen LogP contribution >= 0.6 is 0 Å². The van der Waals surface area contributed by atoms with E-state index in [-0.39, 0.29) is 11.8 Å². The van der Waals surface area contributed by atoms with Gasteiger partial charge >= 0.3 is 0 Å². The number of allylic oxidation sites excluding steroid dienone is 1. The van der Waals surface area contributed by atoms with Crippen LogP contribution in [0.1, 0.15) is 52.4 Å². The fraction of sp³-hybridized carbons (Fsp3) is 0.765. The lowest BCUT2D eigenvalue weighted by Gasteiger charge is -2.35. The first-order valence-corrected chi connectivity index (χ1v) is 8.38. The predicted octanol–water partition coefficient (Wildman–Crippen LogP) is 2.59. The minimum absolute atomic E-state index is 0.127. The Labute approximate surface area is 128 Å². The number of piperidine rings is 2. The molecular formula is C17H28N2O2. The van der Waals surface area contributed by atoms with E-state index in [0.29, 0.717) is 5.91 Å². The fourth-order valence-corrected chi connectivity index (χ4v) is 3.34. The number of likely N-dealkylation sites (tertiary alicyclic amines) is 2. The van der Waals surface area contributed by atoms with Gasteiger partial charge in [-0.25, -0.2) is 0 Å². The van der Waals surface area contributed by atoms with Crippen molar-refractivity contribution in [3.05, 3.63) is 11.6 Å². The average molecular weight is 292 g/mol. The number of nitrogens with zero attached hydrogens (tertiary/aromatic N) is 2. The van der Waals surface area contributed by atoms with E-state index in [0.717, 1.165) is 63.9 Å².